The molecule has 1 aliphatic rings. The quantitative estimate of drug-likeness (QED) is 0.645. The van der Waals surface area contributed by atoms with Gasteiger partial charge in [-0.05, 0) is 37.1 Å². The molecule has 2 rings (SSSR count). The van der Waals surface area contributed by atoms with Crippen LogP contribution in [0, 0.1) is 0 Å². The van der Waals surface area contributed by atoms with Gasteiger partial charge in [-0.1, -0.05) is 56.0 Å². The first kappa shape index (κ1) is 14.9. The van der Waals surface area contributed by atoms with Gasteiger partial charge in [0.05, 0.1) is 0 Å². The first-order chi connectivity index (χ1) is 8.98. The summed E-state index contributed by atoms with van der Waals surface area (Å²) in [7, 11) is 0. The smallest absolute Gasteiger partial charge is 0.0408 e. The van der Waals surface area contributed by atoms with Crippen molar-refractivity contribution in [2.24, 2.45) is 0 Å². The molecule has 19 heavy (non-hydrogen) atoms. The topological polar surface area (TPSA) is 3.24 Å². The molecule has 1 unspecified atom stereocenters. The average Bonchev–Trinajstić information content (AvgIpc) is 2.55. The van der Waals surface area contributed by atoms with Crippen LogP contribution in [0.2, 0.25) is 0 Å². The van der Waals surface area contributed by atoms with Crippen molar-refractivity contribution in [3.8, 4) is 0 Å². The Balaban J connectivity index is 2.18. The molecule has 0 radical (unpaired) electrons. The highest BCUT2D eigenvalue weighted by atomic mass is 79.9. The molecule has 1 nitrogen and oxygen atoms in total. The maximum Gasteiger partial charge on any atom is 0.0408 e. The Morgan fingerprint density at radius 3 is 2.63 bits per heavy atom. The van der Waals surface area contributed by atoms with Gasteiger partial charge in [-0.25, -0.2) is 0 Å². The van der Waals surface area contributed by atoms with Crippen LogP contribution in [0.25, 0.3) is 0 Å². The van der Waals surface area contributed by atoms with E-state index in [9.17, 15) is 0 Å². The molecule has 0 amide bonds. The summed E-state index contributed by atoms with van der Waals surface area (Å²) >= 11 is 3.61. The van der Waals surface area contributed by atoms with Crippen molar-refractivity contribution in [1.82, 2.24) is 0 Å². The molecule has 1 aromatic carbocycles. The summed E-state index contributed by atoms with van der Waals surface area (Å²) < 4.78 is 1.19. The van der Waals surface area contributed by atoms with E-state index in [4.69, 9.17) is 0 Å². The van der Waals surface area contributed by atoms with Crippen LogP contribution in [0.1, 0.15) is 58.9 Å². The van der Waals surface area contributed by atoms with Crippen molar-refractivity contribution >= 4 is 21.6 Å². The number of rotatable bonds is 5. The van der Waals surface area contributed by atoms with Gasteiger partial charge in [-0.3, -0.25) is 0 Å². The second kappa shape index (κ2) is 5.87. The largest absolute Gasteiger partial charge is 0.368 e. The second-order valence-electron chi connectivity index (χ2n) is 6.31. The van der Waals surface area contributed by atoms with Crippen molar-refractivity contribution in [3.63, 3.8) is 0 Å². The van der Waals surface area contributed by atoms with Crippen molar-refractivity contribution in [3.05, 3.63) is 28.2 Å². The predicted molar refractivity (Wildman–Crippen MR) is 88.1 cm³/mol. The Bertz CT molecular complexity index is 439. The van der Waals surface area contributed by atoms with E-state index >= 15 is 0 Å². The van der Waals surface area contributed by atoms with Crippen LogP contribution in [0.15, 0.2) is 22.7 Å². The SMILES string of the molecule is CCCCCCN1c2ccc(Br)cc2C(C)(C)C1C. The third-order valence-corrected chi connectivity index (χ3v) is 5.22. The van der Waals surface area contributed by atoms with Gasteiger partial charge < -0.3 is 4.90 Å². The Morgan fingerprint density at radius 1 is 1.21 bits per heavy atom. The molecule has 1 aromatic rings. The van der Waals surface area contributed by atoms with E-state index in [1.165, 1.54) is 48.0 Å². The Hall–Kier alpha value is -0.500. The summed E-state index contributed by atoms with van der Waals surface area (Å²) in [5, 5.41) is 0. The average molecular weight is 324 g/mol. The summed E-state index contributed by atoms with van der Waals surface area (Å²) in [5.41, 5.74) is 3.17. The van der Waals surface area contributed by atoms with Crippen LogP contribution < -0.4 is 4.90 Å². The highest BCUT2D eigenvalue weighted by Gasteiger charge is 2.41. The van der Waals surface area contributed by atoms with Gasteiger partial charge in [-0.2, -0.15) is 0 Å². The normalized spacial score (nSPS) is 20.7. The minimum absolute atomic E-state index is 0.240. The fourth-order valence-electron chi connectivity index (χ4n) is 3.12. The van der Waals surface area contributed by atoms with Crippen LogP contribution in [-0.2, 0) is 5.41 Å². The van der Waals surface area contributed by atoms with E-state index < -0.39 is 0 Å². The third kappa shape index (κ3) is 2.84. The zero-order chi connectivity index (χ0) is 14.0. The molecule has 1 aliphatic heterocycles. The molecule has 0 aliphatic carbocycles. The Kier molecular flexibility index (Phi) is 4.60. The molecule has 1 atom stereocenters. The van der Waals surface area contributed by atoms with Crippen LogP contribution in [0.3, 0.4) is 0 Å². The molecule has 2 heteroatoms. The van der Waals surface area contributed by atoms with E-state index in [0.29, 0.717) is 6.04 Å². The lowest BCUT2D eigenvalue weighted by atomic mass is 9.81. The fourth-order valence-corrected chi connectivity index (χ4v) is 3.48. The highest BCUT2D eigenvalue weighted by Crippen LogP contribution is 2.45. The lowest BCUT2D eigenvalue weighted by molar-refractivity contribution is 0.436. The van der Waals surface area contributed by atoms with Crippen LogP contribution in [-0.4, -0.2) is 12.6 Å². The van der Waals surface area contributed by atoms with Gasteiger partial charge >= 0.3 is 0 Å². The van der Waals surface area contributed by atoms with Gasteiger partial charge in [0.1, 0.15) is 0 Å². The van der Waals surface area contributed by atoms with E-state index in [2.05, 4.69) is 66.7 Å². The Labute approximate surface area is 126 Å². The molecule has 0 saturated carbocycles. The number of nitrogens with zero attached hydrogens (tertiary/aromatic N) is 1. The molecular formula is C17H26BrN. The molecular weight excluding hydrogens is 298 g/mol. The molecule has 0 aromatic heterocycles. The minimum atomic E-state index is 0.240. The van der Waals surface area contributed by atoms with Crippen LogP contribution >= 0.6 is 15.9 Å². The van der Waals surface area contributed by atoms with E-state index in [-0.39, 0.29) is 5.41 Å². The zero-order valence-corrected chi connectivity index (χ0v) is 14.3. The lowest BCUT2D eigenvalue weighted by Crippen LogP contribution is -2.39. The summed E-state index contributed by atoms with van der Waals surface area (Å²) in [6.07, 6.45) is 5.33. The molecule has 0 bridgehead atoms. The summed E-state index contributed by atoms with van der Waals surface area (Å²) in [6.45, 7) is 10.6. The number of unbranched alkanes of at least 4 members (excludes halogenated alkanes) is 3. The number of hydrogen-bond donors (Lipinski definition) is 0. The zero-order valence-electron chi connectivity index (χ0n) is 12.7. The van der Waals surface area contributed by atoms with Crippen molar-refractivity contribution in [2.45, 2.75) is 64.8 Å². The van der Waals surface area contributed by atoms with Gasteiger partial charge in [-0.15, -0.1) is 0 Å². The fraction of sp³-hybridized carbons (Fsp3) is 0.647. The van der Waals surface area contributed by atoms with E-state index in [1.54, 1.807) is 0 Å². The van der Waals surface area contributed by atoms with Gasteiger partial charge in [0.25, 0.3) is 0 Å². The van der Waals surface area contributed by atoms with Gasteiger partial charge in [0, 0.05) is 28.2 Å². The summed E-state index contributed by atoms with van der Waals surface area (Å²) in [6, 6.07) is 7.34. The predicted octanol–water partition coefficient (Wildman–Crippen LogP) is 5.52. The van der Waals surface area contributed by atoms with Crippen molar-refractivity contribution in [2.75, 3.05) is 11.4 Å². The van der Waals surface area contributed by atoms with E-state index in [1.807, 2.05) is 0 Å². The van der Waals surface area contributed by atoms with Crippen molar-refractivity contribution in [1.29, 1.82) is 0 Å². The maximum absolute atomic E-state index is 3.61. The number of benzene rings is 1. The second-order valence-corrected chi connectivity index (χ2v) is 7.23. The first-order valence-electron chi connectivity index (χ1n) is 7.55. The summed E-state index contributed by atoms with van der Waals surface area (Å²) in [5.74, 6) is 0. The van der Waals surface area contributed by atoms with Gasteiger partial charge in [0.15, 0.2) is 0 Å². The number of hydrogen-bond acceptors (Lipinski definition) is 1. The minimum Gasteiger partial charge on any atom is -0.368 e. The highest BCUT2D eigenvalue weighted by molar-refractivity contribution is 9.10. The van der Waals surface area contributed by atoms with E-state index in [0.717, 1.165) is 0 Å². The number of anilines is 1. The van der Waals surface area contributed by atoms with Crippen LogP contribution in [0.4, 0.5) is 5.69 Å². The number of halogens is 1. The lowest BCUT2D eigenvalue weighted by Gasteiger charge is -2.31. The van der Waals surface area contributed by atoms with Gasteiger partial charge in [0.2, 0.25) is 0 Å². The molecule has 0 spiro atoms. The molecule has 106 valence electrons. The molecule has 1 heterocycles. The van der Waals surface area contributed by atoms with Crippen molar-refractivity contribution < 1.29 is 0 Å². The molecule has 0 fully saturated rings. The first-order valence-corrected chi connectivity index (χ1v) is 8.34. The molecule has 0 saturated heterocycles. The Morgan fingerprint density at radius 2 is 1.95 bits per heavy atom. The maximum atomic E-state index is 3.61. The standard InChI is InChI=1S/C17H26BrN/c1-5-6-7-8-11-19-13(2)17(3,4)15-12-14(18)9-10-16(15)19/h9-10,12-13H,5-8,11H2,1-4H3. The monoisotopic (exact) mass is 323 g/mol. The number of fused-ring (bicyclic) bond motifs is 1. The van der Waals surface area contributed by atoms with Crippen LogP contribution in [0.5, 0.6) is 0 Å². The third-order valence-electron chi connectivity index (χ3n) is 4.73. The summed E-state index contributed by atoms with van der Waals surface area (Å²) in [4.78, 5) is 2.61. The molecule has 0 N–H and O–H groups in total.